The Morgan fingerprint density at radius 2 is 1.37 bits per heavy atom. The highest BCUT2D eigenvalue weighted by Gasteiger charge is 2.54. The fraction of sp³-hybridized carbons (Fsp3) is 0.448. The quantitative estimate of drug-likeness (QED) is 0.314. The van der Waals surface area contributed by atoms with Crippen molar-refractivity contribution in [3.63, 3.8) is 0 Å². The summed E-state index contributed by atoms with van der Waals surface area (Å²) in [5.74, 6) is 0.829. The first-order valence-electron chi connectivity index (χ1n) is 12.5. The van der Waals surface area contributed by atoms with Crippen LogP contribution in [0.2, 0.25) is 18.1 Å². The van der Waals surface area contributed by atoms with Gasteiger partial charge in [-0.2, -0.15) is 0 Å². The number of hydrogen-bond donors (Lipinski definition) is 1. The standard InChI is InChI=1S/C29H40BNO3Si/c1-19-15-17-20(18-16-19)23-24(30-33-28(5,6)29(7,8)34-30)26(32-35(9,10)27(2,3)4)22-14-12-11-13-21(22)25(23)31/h11-18H,31H2,1-10H3. The van der Waals surface area contributed by atoms with Gasteiger partial charge in [-0.25, -0.2) is 0 Å². The second kappa shape index (κ2) is 8.39. The molecule has 1 heterocycles. The molecule has 0 bridgehead atoms. The molecule has 0 unspecified atom stereocenters. The molecule has 2 N–H and O–H groups in total. The van der Waals surface area contributed by atoms with Gasteiger partial charge in [-0.05, 0) is 58.3 Å². The van der Waals surface area contributed by atoms with Crippen LogP contribution in [0.4, 0.5) is 5.69 Å². The Hall–Kier alpha value is -2.28. The molecule has 3 aromatic carbocycles. The highest BCUT2D eigenvalue weighted by molar-refractivity contribution is 6.75. The van der Waals surface area contributed by atoms with E-state index < -0.39 is 26.6 Å². The molecular weight excluding hydrogens is 449 g/mol. The minimum atomic E-state index is -2.22. The van der Waals surface area contributed by atoms with Gasteiger partial charge in [0.05, 0.1) is 11.2 Å². The summed E-state index contributed by atoms with van der Waals surface area (Å²) >= 11 is 0. The molecule has 186 valence electrons. The minimum Gasteiger partial charge on any atom is -0.543 e. The maximum absolute atomic E-state index is 7.12. The van der Waals surface area contributed by atoms with Crippen LogP contribution < -0.4 is 15.6 Å². The predicted molar refractivity (Wildman–Crippen MR) is 152 cm³/mol. The number of rotatable bonds is 4. The van der Waals surface area contributed by atoms with Gasteiger partial charge < -0.3 is 19.5 Å². The van der Waals surface area contributed by atoms with Crippen LogP contribution in [0.1, 0.15) is 54.0 Å². The van der Waals surface area contributed by atoms with Crippen LogP contribution in [-0.2, 0) is 9.31 Å². The van der Waals surface area contributed by atoms with E-state index >= 15 is 0 Å². The third-order valence-corrected chi connectivity index (χ3v) is 12.6. The molecule has 4 rings (SSSR count). The van der Waals surface area contributed by atoms with Crippen molar-refractivity contribution in [1.29, 1.82) is 0 Å². The molecule has 6 heteroatoms. The Bertz CT molecular complexity index is 1240. The van der Waals surface area contributed by atoms with E-state index in [1.54, 1.807) is 0 Å². The molecule has 0 aromatic heterocycles. The number of fused-ring (bicyclic) bond motifs is 1. The normalized spacial score (nSPS) is 17.7. The van der Waals surface area contributed by atoms with Crippen molar-refractivity contribution in [3.8, 4) is 16.9 Å². The summed E-state index contributed by atoms with van der Waals surface area (Å²) in [6.45, 7) is 21.7. The lowest BCUT2D eigenvalue weighted by Gasteiger charge is -2.38. The monoisotopic (exact) mass is 489 g/mol. The van der Waals surface area contributed by atoms with Crippen LogP contribution in [-0.4, -0.2) is 26.6 Å². The molecule has 0 saturated carbocycles. The molecule has 1 aliphatic heterocycles. The molecular formula is C29H40BNO3Si. The van der Waals surface area contributed by atoms with Gasteiger partial charge in [0.1, 0.15) is 5.75 Å². The number of nitrogen functional groups attached to an aromatic ring is 1. The van der Waals surface area contributed by atoms with Gasteiger partial charge in [0.25, 0.3) is 0 Å². The average Bonchev–Trinajstić information content (AvgIpc) is 2.96. The van der Waals surface area contributed by atoms with Crippen LogP contribution in [0.15, 0.2) is 48.5 Å². The highest BCUT2D eigenvalue weighted by Crippen LogP contribution is 2.45. The molecule has 1 fully saturated rings. The zero-order chi connectivity index (χ0) is 26.0. The van der Waals surface area contributed by atoms with Gasteiger partial charge in [-0.15, -0.1) is 0 Å². The van der Waals surface area contributed by atoms with Crippen LogP contribution in [0.3, 0.4) is 0 Å². The van der Waals surface area contributed by atoms with E-state index in [0.29, 0.717) is 0 Å². The van der Waals surface area contributed by atoms with Gasteiger partial charge >= 0.3 is 7.12 Å². The minimum absolute atomic E-state index is 0.0205. The van der Waals surface area contributed by atoms with Crippen molar-refractivity contribution >= 4 is 37.4 Å². The topological polar surface area (TPSA) is 53.7 Å². The van der Waals surface area contributed by atoms with Crippen LogP contribution in [0.25, 0.3) is 21.9 Å². The summed E-state index contributed by atoms with van der Waals surface area (Å²) in [6, 6.07) is 16.7. The summed E-state index contributed by atoms with van der Waals surface area (Å²) in [7, 11) is -2.83. The third-order valence-electron chi connectivity index (χ3n) is 8.24. The molecule has 3 aromatic rings. The molecule has 0 atom stereocenters. The second-order valence-corrected chi connectivity index (χ2v) is 17.1. The molecule has 0 spiro atoms. The first kappa shape index (κ1) is 25.8. The molecule has 0 aliphatic carbocycles. The Balaban J connectivity index is 2.10. The fourth-order valence-corrected chi connectivity index (χ4v) is 5.23. The first-order valence-corrected chi connectivity index (χ1v) is 15.4. The maximum Gasteiger partial charge on any atom is 0.499 e. The van der Waals surface area contributed by atoms with Gasteiger partial charge in [0, 0.05) is 27.5 Å². The Labute approximate surface area is 212 Å². The first-order chi connectivity index (χ1) is 16.1. The molecule has 0 radical (unpaired) electrons. The zero-order valence-corrected chi connectivity index (χ0v) is 24.0. The Kier molecular flexibility index (Phi) is 6.19. The molecule has 4 nitrogen and oxygen atoms in total. The van der Waals surface area contributed by atoms with Crippen molar-refractivity contribution in [1.82, 2.24) is 0 Å². The van der Waals surface area contributed by atoms with E-state index in [-0.39, 0.29) is 5.04 Å². The van der Waals surface area contributed by atoms with E-state index in [2.05, 4.69) is 105 Å². The Morgan fingerprint density at radius 1 is 0.857 bits per heavy atom. The number of nitrogens with two attached hydrogens (primary N) is 1. The summed E-state index contributed by atoms with van der Waals surface area (Å²) in [6.07, 6.45) is 0. The summed E-state index contributed by atoms with van der Waals surface area (Å²) in [5.41, 5.74) is 10.7. The van der Waals surface area contributed by atoms with Gasteiger partial charge in [-0.3, -0.25) is 0 Å². The number of aryl methyl sites for hydroxylation is 1. The lowest BCUT2D eigenvalue weighted by molar-refractivity contribution is 0.00578. The molecule has 35 heavy (non-hydrogen) atoms. The second-order valence-electron chi connectivity index (χ2n) is 12.4. The highest BCUT2D eigenvalue weighted by atomic mass is 28.4. The third kappa shape index (κ3) is 4.41. The van der Waals surface area contributed by atoms with Crippen molar-refractivity contribution < 1.29 is 13.7 Å². The van der Waals surface area contributed by atoms with E-state index in [1.807, 2.05) is 12.1 Å². The van der Waals surface area contributed by atoms with Gasteiger partial charge in [0.15, 0.2) is 0 Å². The van der Waals surface area contributed by atoms with E-state index in [1.165, 1.54) is 5.56 Å². The van der Waals surface area contributed by atoms with Crippen molar-refractivity contribution in [2.45, 2.75) is 84.7 Å². The largest absolute Gasteiger partial charge is 0.543 e. The summed E-state index contributed by atoms with van der Waals surface area (Å²) in [4.78, 5) is 0. The van der Waals surface area contributed by atoms with Gasteiger partial charge in [0.2, 0.25) is 8.32 Å². The average molecular weight is 490 g/mol. The molecule has 0 amide bonds. The summed E-state index contributed by atoms with van der Waals surface area (Å²) in [5, 5.41) is 2.00. The number of anilines is 1. The van der Waals surface area contributed by atoms with Gasteiger partial charge in [-0.1, -0.05) is 74.9 Å². The van der Waals surface area contributed by atoms with Crippen LogP contribution in [0.5, 0.6) is 5.75 Å². The Morgan fingerprint density at radius 3 is 1.89 bits per heavy atom. The number of hydrogen-bond acceptors (Lipinski definition) is 4. The molecule has 1 saturated heterocycles. The van der Waals surface area contributed by atoms with E-state index in [0.717, 1.165) is 38.8 Å². The summed E-state index contributed by atoms with van der Waals surface area (Å²) < 4.78 is 20.4. The van der Waals surface area contributed by atoms with Crippen molar-refractivity contribution in [3.05, 3.63) is 54.1 Å². The van der Waals surface area contributed by atoms with Crippen molar-refractivity contribution in [2.24, 2.45) is 0 Å². The predicted octanol–water partition coefficient (Wildman–Crippen LogP) is 7.08. The van der Waals surface area contributed by atoms with Crippen LogP contribution >= 0.6 is 0 Å². The SMILES string of the molecule is Cc1ccc(-c2c(B3OC(C)(C)C(C)(C)O3)c(O[Si](C)(C)C(C)(C)C)c3ccccc3c2N)cc1. The smallest absolute Gasteiger partial charge is 0.499 e. The molecule has 1 aliphatic rings. The lowest BCUT2D eigenvalue weighted by atomic mass is 9.71. The number of benzene rings is 3. The van der Waals surface area contributed by atoms with Crippen molar-refractivity contribution in [2.75, 3.05) is 5.73 Å². The van der Waals surface area contributed by atoms with E-state index in [4.69, 9.17) is 19.5 Å². The van der Waals surface area contributed by atoms with Crippen LogP contribution in [0, 0.1) is 6.92 Å². The van der Waals surface area contributed by atoms with E-state index in [9.17, 15) is 0 Å². The fourth-order valence-electron chi connectivity index (χ4n) is 4.19. The maximum atomic E-state index is 7.12. The lowest BCUT2D eigenvalue weighted by Crippen LogP contribution is -2.47. The zero-order valence-electron chi connectivity index (χ0n) is 23.0.